The van der Waals surface area contributed by atoms with Crippen molar-refractivity contribution in [1.29, 1.82) is 0 Å². The maximum absolute atomic E-state index is 13.8. The van der Waals surface area contributed by atoms with E-state index in [4.69, 9.17) is 0 Å². The highest BCUT2D eigenvalue weighted by Crippen LogP contribution is 2.47. The summed E-state index contributed by atoms with van der Waals surface area (Å²) in [6.07, 6.45) is 0.575. The van der Waals surface area contributed by atoms with Crippen molar-refractivity contribution in [2.24, 2.45) is 11.8 Å². The lowest BCUT2D eigenvalue weighted by Gasteiger charge is -2.16. The number of imide groups is 1. The molecule has 19 heavy (non-hydrogen) atoms. The number of nitro groups is 1. The summed E-state index contributed by atoms with van der Waals surface area (Å²) in [6, 6.07) is 3.72. The molecule has 1 aliphatic heterocycles. The van der Waals surface area contributed by atoms with Crippen LogP contribution >= 0.6 is 0 Å². The van der Waals surface area contributed by atoms with Crippen molar-refractivity contribution < 1.29 is 18.9 Å². The van der Waals surface area contributed by atoms with E-state index in [0.29, 0.717) is 6.42 Å². The zero-order valence-corrected chi connectivity index (χ0v) is 9.71. The monoisotopic (exact) mass is 264 g/mol. The number of carbonyl (C=O) groups is 2. The minimum absolute atomic E-state index is 0.0165. The molecule has 1 saturated carbocycles. The third-order valence-corrected chi connectivity index (χ3v) is 3.54. The molecule has 0 N–H and O–H groups in total. The highest BCUT2D eigenvalue weighted by molar-refractivity contribution is 6.08. The Balaban J connectivity index is 1.88. The molecule has 2 atom stereocenters. The van der Waals surface area contributed by atoms with Crippen LogP contribution < -0.4 is 0 Å². The Morgan fingerprint density at radius 3 is 2.53 bits per heavy atom. The van der Waals surface area contributed by atoms with E-state index >= 15 is 0 Å². The molecule has 1 aromatic rings. The zero-order chi connectivity index (χ0) is 13.7. The molecule has 1 aliphatic carbocycles. The van der Waals surface area contributed by atoms with Crippen molar-refractivity contribution in [3.63, 3.8) is 0 Å². The van der Waals surface area contributed by atoms with E-state index in [0.717, 1.165) is 11.0 Å². The summed E-state index contributed by atoms with van der Waals surface area (Å²) in [5.41, 5.74) is -0.668. The SMILES string of the molecule is O=C1C2CC2C(=O)N1Cc1cccc([N+](=O)[O-])c1F. The Morgan fingerprint density at radius 1 is 1.32 bits per heavy atom. The number of piperidine rings is 1. The van der Waals surface area contributed by atoms with Crippen LogP contribution in [0.1, 0.15) is 12.0 Å². The first kappa shape index (κ1) is 11.8. The smallest absolute Gasteiger partial charge is 0.277 e. The fraction of sp³-hybridized carbons (Fsp3) is 0.333. The van der Waals surface area contributed by atoms with Gasteiger partial charge in [0.05, 0.1) is 23.3 Å². The number of likely N-dealkylation sites (tertiary alicyclic amines) is 1. The van der Waals surface area contributed by atoms with E-state index in [1.807, 2.05) is 0 Å². The van der Waals surface area contributed by atoms with Crippen molar-refractivity contribution in [1.82, 2.24) is 4.90 Å². The molecule has 3 rings (SSSR count). The van der Waals surface area contributed by atoms with Gasteiger partial charge in [0.15, 0.2) is 0 Å². The normalized spacial score (nSPS) is 24.6. The molecule has 98 valence electrons. The molecule has 0 bridgehead atoms. The van der Waals surface area contributed by atoms with Gasteiger partial charge in [0, 0.05) is 11.6 Å². The zero-order valence-electron chi connectivity index (χ0n) is 9.71. The summed E-state index contributed by atoms with van der Waals surface area (Å²) in [5, 5.41) is 10.6. The van der Waals surface area contributed by atoms with Gasteiger partial charge in [-0.05, 0) is 6.42 Å². The predicted octanol–water partition coefficient (Wildman–Crippen LogP) is 1.24. The van der Waals surface area contributed by atoms with Crippen LogP contribution in [0.4, 0.5) is 10.1 Å². The van der Waals surface area contributed by atoms with Gasteiger partial charge >= 0.3 is 5.69 Å². The van der Waals surface area contributed by atoms with Gasteiger partial charge in [0.25, 0.3) is 0 Å². The van der Waals surface area contributed by atoms with Crippen LogP contribution in [0.5, 0.6) is 0 Å². The van der Waals surface area contributed by atoms with Gasteiger partial charge in [-0.1, -0.05) is 12.1 Å². The Morgan fingerprint density at radius 2 is 1.95 bits per heavy atom. The van der Waals surface area contributed by atoms with Crippen LogP contribution in [0.3, 0.4) is 0 Å². The maximum Gasteiger partial charge on any atom is 0.305 e. The van der Waals surface area contributed by atoms with Crippen molar-refractivity contribution in [3.8, 4) is 0 Å². The molecule has 2 fully saturated rings. The van der Waals surface area contributed by atoms with Crippen molar-refractivity contribution in [3.05, 3.63) is 39.7 Å². The summed E-state index contributed by atoms with van der Waals surface area (Å²) in [5.74, 6) is -2.11. The Kier molecular flexibility index (Phi) is 2.38. The molecule has 0 spiro atoms. The fourth-order valence-corrected chi connectivity index (χ4v) is 2.41. The number of carbonyl (C=O) groups excluding carboxylic acids is 2. The maximum atomic E-state index is 13.8. The Bertz CT molecular complexity index is 596. The number of nitro benzene ring substituents is 1. The molecule has 0 radical (unpaired) electrons. The standard InChI is InChI=1S/C12H9FN2O4/c13-10-6(2-1-3-9(10)15(18)19)5-14-11(16)7-4-8(7)12(14)17/h1-3,7-8H,4-5H2. The molecule has 1 aromatic carbocycles. The number of amides is 2. The first-order valence-electron chi connectivity index (χ1n) is 5.77. The van der Waals surface area contributed by atoms with Crippen molar-refractivity contribution in [2.75, 3.05) is 0 Å². The Labute approximate surface area is 107 Å². The van der Waals surface area contributed by atoms with Gasteiger partial charge in [-0.3, -0.25) is 24.6 Å². The molecule has 0 aromatic heterocycles. The minimum Gasteiger partial charge on any atom is -0.277 e. The van der Waals surface area contributed by atoms with Crippen molar-refractivity contribution >= 4 is 17.5 Å². The first-order valence-corrected chi connectivity index (χ1v) is 5.77. The highest BCUT2D eigenvalue weighted by atomic mass is 19.1. The van der Waals surface area contributed by atoms with Gasteiger partial charge in [0.1, 0.15) is 0 Å². The van der Waals surface area contributed by atoms with Crippen LogP contribution in [0.25, 0.3) is 0 Å². The molecule has 7 heteroatoms. The second-order valence-corrected chi connectivity index (χ2v) is 4.72. The van der Waals surface area contributed by atoms with Gasteiger partial charge in [-0.15, -0.1) is 0 Å². The summed E-state index contributed by atoms with van der Waals surface area (Å²) in [4.78, 5) is 34.3. The second kappa shape index (κ2) is 3.84. The number of fused-ring (bicyclic) bond motifs is 1. The molecule has 1 heterocycles. The summed E-state index contributed by atoms with van der Waals surface area (Å²) >= 11 is 0. The first-order chi connectivity index (χ1) is 9.00. The van der Waals surface area contributed by atoms with Crippen LogP contribution in [0.15, 0.2) is 18.2 Å². The lowest BCUT2D eigenvalue weighted by molar-refractivity contribution is -0.387. The highest BCUT2D eigenvalue weighted by Gasteiger charge is 2.58. The van der Waals surface area contributed by atoms with Gasteiger partial charge < -0.3 is 0 Å². The molecule has 2 unspecified atom stereocenters. The second-order valence-electron chi connectivity index (χ2n) is 4.72. The molecular formula is C12H9FN2O4. The molecule has 1 saturated heterocycles. The van der Waals surface area contributed by atoms with Gasteiger partial charge in [-0.2, -0.15) is 4.39 Å². The Hall–Kier alpha value is -2.31. The van der Waals surface area contributed by atoms with Crippen LogP contribution in [0.2, 0.25) is 0 Å². The number of hydrogen-bond donors (Lipinski definition) is 0. The van der Waals surface area contributed by atoms with E-state index in [1.54, 1.807) is 0 Å². The predicted molar refractivity (Wildman–Crippen MR) is 60.2 cm³/mol. The average molecular weight is 264 g/mol. The van der Waals surface area contributed by atoms with E-state index < -0.39 is 16.4 Å². The van der Waals surface area contributed by atoms with Gasteiger partial charge in [0.2, 0.25) is 17.6 Å². The summed E-state index contributed by atoms with van der Waals surface area (Å²) < 4.78 is 13.8. The number of rotatable bonds is 3. The number of halogens is 1. The number of hydrogen-bond acceptors (Lipinski definition) is 4. The summed E-state index contributed by atoms with van der Waals surface area (Å²) in [7, 11) is 0. The lowest BCUT2D eigenvalue weighted by atomic mass is 10.1. The minimum atomic E-state index is -0.992. The van der Waals surface area contributed by atoms with Gasteiger partial charge in [-0.25, -0.2) is 0 Å². The average Bonchev–Trinajstić information content (AvgIpc) is 3.11. The van der Waals surface area contributed by atoms with Crippen LogP contribution in [-0.4, -0.2) is 21.6 Å². The number of benzene rings is 1. The van der Waals surface area contributed by atoms with E-state index in [2.05, 4.69) is 0 Å². The third kappa shape index (κ3) is 1.69. The van der Waals surface area contributed by atoms with Crippen LogP contribution in [0, 0.1) is 27.8 Å². The van der Waals surface area contributed by atoms with E-state index in [9.17, 15) is 24.1 Å². The molecule has 2 amide bonds. The third-order valence-electron chi connectivity index (χ3n) is 3.54. The summed E-state index contributed by atoms with van der Waals surface area (Å²) in [6.45, 7) is -0.238. The fourth-order valence-electron chi connectivity index (χ4n) is 2.41. The van der Waals surface area contributed by atoms with E-state index in [-0.39, 0.29) is 35.8 Å². The number of nitrogens with zero attached hydrogens (tertiary/aromatic N) is 2. The molecule has 6 nitrogen and oxygen atoms in total. The van der Waals surface area contributed by atoms with E-state index in [1.165, 1.54) is 12.1 Å². The quantitative estimate of drug-likeness (QED) is 0.467. The van der Waals surface area contributed by atoms with Crippen molar-refractivity contribution in [2.45, 2.75) is 13.0 Å². The molecule has 2 aliphatic rings. The molecular weight excluding hydrogens is 255 g/mol. The largest absolute Gasteiger partial charge is 0.305 e. The topological polar surface area (TPSA) is 80.5 Å². The lowest BCUT2D eigenvalue weighted by Crippen LogP contribution is -2.32. The van der Waals surface area contributed by atoms with Crippen LogP contribution in [-0.2, 0) is 16.1 Å².